The number of nitrogens with two attached hydrogens (primary N) is 1. The fraction of sp³-hybridized carbons (Fsp3) is 0.800. The van der Waals surface area contributed by atoms with E-state index in [9.17, 15) is 0 Å². The summed E-state index contributed by atoms with van der Waals surface area (Å²) >= 11 is 0. The summed E-state index contributed by atoms with van der Waals surface area (Å²) < 4.78 is 13.2. The topological polar surface area (TPSA) is 65.5 Å². The average Bonchev–Trinajstić information content (AvgIpc) is 2.87. The molecule has 0 atom stereocenters. The van der Waals surface area contributed by atoms with Crippen LogP contribution >= 0.6 is 0 Å². The van der Waals surface area contributed by atoms with Crippen molar-refractivity contribution in [2.24, 2.45) is 5.73 Å². The summed E-state index contributed by atoms with van der Waals surface area (Å²) in [5, 5.41) is 0. The van der Waals surface area contributed by atoms with Crippen molar-refractivity contribution < 1.29 is 9.47 Å². The van der Waals surface area contributed by atoms with Gasteiger partial charge in [0.15, 0.2) is 0 Å². The second-order valence-electron chi connectivity index (χ2n) is 5.57. The second-order valence-corrected chi connectivity index (χ2v) is 5.57. The van der Waals surface area contributed by atoms with Crippen molar-refractivity contribution in [3.05, 3.63) is 11.9 Å². The fourth-order valence-electron chi connectivity index (χ4n) is 2.70. The maximum absolute atomic E-state index is 5.85. The first-order valence-electron chi connectivity index (χ1n) is 7.84. The molecule has 6 nitrogen and oxygen atoms in total. The summed E-state index contributed by atoms with van der Waals surface area (Å²) in [6.07, 6.45) is 5.52. The summed E-state index contributed by atoms with van der Waals surface area (Å²) in [6, 6.07) is 0. The lowest BCUT2D eigenvalue weighted by atomic mass is 10.1. The van der Waals surface area contributed by atoms with Gasteiger partial charge in [-0.3, -0.25) is 0 Å². The van der Waals surface area contributed by atoms with Gasteiger partial charge in [-0.1, -0.05) is 0 Å². The molecule has 120 valence electrons. The minimum atomic E-state index is 0.372. The van der Waals surface area contributed by atoms with Crippen molar-refractivity contribution >= 4 is 5.95 Å². The molecule has 6 heteroatoms. The highest BCUT2D eigenvalue weighted by atomic mass is 16.5. The first-order valence-corrected chi connectivity index (χ1v) is 7.84. The van der Waals surface area contributed by atoms with Gasteiger partial charge >= 0.3 is 0 Å². The molecule has 2 rings (SSSR count). The molecule has 1 aromatic rings. The molecule has 1 aliphatic heterocycles. The molecule has 0 saturated carbocycles. The van der Waals surface area contributed by atoms with E-state index in [0.29, 0.717) is 19.3 Å². The average molecular weight is 296 g/mol. The van der Waals surface area contributed by atoms with Crippen LogP contribution in [-0.2, 0) is 16.0 Å². The quantitative estimate of drug-likeness (QED) is 0.730. The maximum atomic E-state index is 5.85. The van der Waals surface area contributed by atoms with Gasteiger partial charge in [-0.15, -0.1) is 0 Å². The molecule has 2 N–H and O–H groups in total. The number of piperidine rings is 1. The van der Waals surface area contributed by atoms with E-state index in [-0.39, 0.29) is 0 Å². The molecule has 2 heterocycles. The smallest absolute Gasteiger partial charge is 0.205 e. The van der Waals surface area contributed by atoms with Crippen LogP contribution in [-0.4, -0.2) is 55.6 Å². The predicted octanol–water partition coefficient (Wildman–Crippen LogP) is 1.17. The van der Waals surface area contributed by atoms with Gasteiger partial charge in [0, 0.05) is 39.5 Å². The summed E-state index contributed by atoms with van der Waals surface area (Å²) in [6.45, 7) is 7.07. The van der Waals surface area contributed by atoms with Crippen molar-refractivity contribution in [2.45, 2.75) is 38.8 Å². The molecule has 0 unspecified atom stereocenters. The SMILES string of the molecule is COCCn1cc(C)nc1N1CCC(OCCCN)CC1. The van der Waals surface area contributed by atoms with Crippen LogP contribution < -0.4 is 10.6 Å². The zero-order valence-corrected chi connectivity index (χ0v) is 13.3. The molecule has 1 aromatic heterocycles. The van der Waals surface area contributed by atoms with Crippen LogP contribution in [0.4, 0.5) is 5.95 Å². The predicted molar refractivity (Wildman–Crippen MR) is 83.7 cm³/mol. The van der Waals surface area contributed by atoms with Crippen molar-refractivity contribution in [3.8, 4) is 0 Å². The normalized spacial score (nSPS) is 16.6. The highest BCUT2D eigenvalue weighted by molar-refractivity contribution is 5.34. The first-order chi connectivity index (χ1) is 10.2. The van der Waals surface area contributed by atoms with Crippen LogP contribution in [0.1, 0.15) is 25.0 Å². The van der Waals surface area contributed by atoms with E-state index in [1.165, 1.54) is 0 Å². The number of rotatable bonds is 8. The van der Waals surface area contributed by atoms with E-state index in [0.717, 1.165) is 57.1 Å². The molecule has 0 amide bonds. The fourth-order valence-corrected chi connectivity index (χ4v) is 2.70. The number of methoxy groups -OCH3 is 1. The minimum absolute atomic E-state index is 0.372. The van der Waals surface area contributed by atoms with Crippen LogP contribution in [0.15, 0.2) is 6.20 Å². The molecular formula is C15H28N4O2. The third-order valence-corrected chi connectivity index (χ3v) is 3.84. The van der Waals surface area contributed by atoms with Crippen molar-refractivity contribution in [1.82, 2.24) is 9.55 Å². The first kappa shape index (κ1) is 16.3. The van der Waals surface area contributed by atoms with E-state index in [1.807, 2.05) is 6.92 Å². The van der Waals surface area contributed by atoms with Gasteiger partial charge in [0.05, 0.1) is 18.4 Å². The Labute approximate surface area is 127 Å². The number of hydrogen-bond donors (Lipinski definition) is 1. The Bertz CT molecular complexity index is 414. The number of anilines is 1. The van der Waals surface area contributed by atoms with Gasteiger partial charge < -0.3 is 24.7 Å². The molecule has 1 aliphatic rings. The monoisotopic (exact) mass is 296 g/mol. The highest BCUT2D eigenvalue weighted by Gasteiger charge is 2.22. The van der Waals surface area contributed by atoms with E-state index >= 15 is 0 Å². The third kappa shape index (κ3) is 4.69. The number of aryl methyl sites for hydroxylation is 1. The standard InChI is InChI=1S/C15H28N4O2/c1-13-12-19(9-11-20-2)15(17-13)18-7-4-14(5-8-18)21-10-3-6-16/h12,14H,3-11,16H2,1-2H3. The Morgan fingerprint density at radius 2 is 2.10 bits per heavy atom. The zero-order chi connectivity index (χ0) is 15.1. The second kappa shape index (κ2) is 8.36. The van der Waals surface area contributed by atoms with E-state index in [1.54, 1.807) is 7.11 Å². The molecule has 1 fully saturated rings. The van der Waals surface area contributed by atoms with E-state index < -0.39 is 0 Å². The van der Waals surface area contributed by atoms with Gasteiger partial charge in [-0.2, -0.15) is 0 Å². The van der Waals surface area contributed by atoms with Gasteiger partial charge in [0.2, 0.25) is 5.95 Å². The lowest BCUT2D eigenvalue weighted by Gasteiger charge is -2.33. The summed E-state index contributed by atoms with van der Waals surface area (Å²) in [5.41, 5.74) is 6.55. The summed E-state index contributed by atoms with van der Waals surface area (Å²) in [5.74, 6) is 1.06. The maximum Gasteiger partial charge on any atom is 0.205 e. The van der Waals surface area contributed by atoms with Crippen LogP contribution in [0.25, 0.3) is 0 Å². The zero-order valence-electron chi connectivity index (χ0n) is 13.3. The van der Waals surface area contributed by atoms with Gasteiger partial charge in [-0.25, -0.2) is 4.98 Å². The highest BCUT2D eigenvalue weighted by Crippen LogP contribution is 2.21. The number of aromatic nitrogens is 2. The Morgan fingerprint density at radius 3 is 2.76 bits per heavy atom. The molecule has 1 saturated heterocycles. The molecular weight excluding hydrogens is 268 g/mol. The lowest BCUT2D eigenvalue weighted by molar-refractivity contribution is 0.0363. The van der Waals surface area contributed by atoms with Gasteiger partial charge in [-0.05, 0) is 32.7 Å². The van der Waals surface area contributed by atoms with E-state index in [4.69, 9.17) is 15.2 Å². The third-order valence-electron chi connectivity index (χ3n) is 3.84. The molecule has 0 spiro atoms. The molecule has 21 heavy (non-hydrogen) atoms. The van der Waals surface area contributed by atoms with Crippen molar-refractivity contribution in [3.63, 3.8) is 0 Å². The molecule has 0 bridgehead atoms. The largest absolute Gasteiger partial charge is 0.383 e. The van der Waals surface area contributed by atoms with Crippen LogP contribution in [0.3, 0.4) is 0 Å². The number of nitrogens with zero attached hydrogens (tertiary/aromatic N) is 3. The van der Waals surface area contributed by atoms with Crippen molar-refractivity contribution in [1.29, 1.82) is 0 Å². The summed E-state index contributed by atoms with van der Waals surface area (Å²) in [4.78, 5) is 7.02. The molecule has 0 aliphatic carbocycles. The minimum Gasteiger partial charge on any atom is -0.383 e. The Hall–Kier alpha value is -1.11. The number of ether oxygens (including phenoxy) is 2. The van der Waals surface area contributed by atoms with Gasteiger partial charge in [0.25, 0.3) is 0 Å². The number of imidazole rings is 1. The van der Waals surface area contributed by atoms with Crippen molar-refractivity contribution in [2.75, 3.05) is 44.9 Å². The van der Waals surface area contributed by atoms with E-state index in [2.05, 4.69) is 20.6 Å². The van der Waals surface area contributed by atoms with Crippen LogP contribution in [0.2, 0.25) is 0 Å². The molecule has 0 radical (unpaired) electrons. The lowest BCUT2D eigenvalue weighted by Crippen LogP contribution is -2.38. The summed E-state index contributed by atoms with van der Waals surface area (Å²) in [7, 11) is 1.73. The van der Waals surface area contributed by atoms with Crippen LogP contribution in [0.5, 0.6) is 0 Å². The Balaban J connectivity index is 1.86. The Kier molecular flexibility index (Phi) is 6.48. The van der Waals surface area contributed by atoms with Gasteiger partial charge in [0.1, 0.15) is 0 Å². The van der Waals surface area contributed by atoms with Crippen LogP contribution in [0, 0.1) is 6.92 Å². The number of hydrogen-bond acceptors (Lipinski definition) is 5. The molecule has 0 aromatic carbocycles. The Morgan fingerprint density at radius 1 is 1.33 bits per heavy atom.